The Balaban J connectivity index is 1.81. The lowest BCUT2D eigenvalue weighted by molar-refractivity contribution is 0.0600. The second-order valence-corrected chi connectivity index (χ2v) is 4.53. The standard InChI is InChI=1S/C15H17N3O4/c1-10-9-13(19)18-15(17-10)16-7-8-22-12-5-3-11(4-6-12)14(20)21-2/h3-6,9H,7-8H2,1-2H3,(H2,16,17,18,19). The molecule has 0 fully saturated rings. The molecule has 0 bridgehead atoms. The summed E-state index contributed by atoms with van der Waals surface area (Å²) in [7, 11) is 1.34. The summed E-state index contributed by atoms with van der Waals surface area (Å²) in [5.41, 5.74) is 0.911. The molecule has 7 nitrogen and oxygen atoms in total. The van der Waals surface area contributed by atoms with Crippen LogP contribution in [0.3, 0.4) is 0 Å². The van der Waals surface area contributed by atoms with E-state index < -0.39 is 0 Å². The lowest BCUT2D eigenvalue weighted by Crippen LogP contribution is -2.17. The summed E-state index contributed by atoms with van der Waals surface area (Å²) < 4.78 is 10.1. The fourth-order valence-electron chi connectivity index (χ4n) is 1.81. The first-order valence-corrected chi connectivity index (χ1v) is 6.71. The number of nitrogens with one attached hydrogen (secondary N) is 2. The summed E-state index contributed by atoms with van der Waals surface area (Å²) in [4.78, 5) is 29.3. The van der Waals surface area contributed by atoms with Crippen molar-refractivity contribution in [1.29, 1.82) is 0 Å². The van der Waals surface area contributed by atoms with Gasteiger partial charge in [-0.3, -0.25) is 9.78 Å². The van der Waals surface area contributed by atoms with Gasteiger partial charge in [0.1, 0.15) is 12.4 Å². The van der Waals surface area contributed by atoms with Crippen molar-refractivity contribution in [2.24, 2.45) is 0 Å². The maximum Gasteiger partial charge on any atom is 0.337 e. The second-order valence-electron chi connectivity index (χ2n) is 4.53. The fourth-order valence-corrected chi connectivity index (χ4v) is 1.81. The predicted molar refractivity (Wildman–Crippen MR) is 81.4 cm³/mol. The van der Waals surface area contributed by atoms with Gasteiger partial charge in [-0.25, -0.2) is 9.78 Å². The number of anilines is 1. The van der Waals surface area contributed by atoms with Crippen molar-refractivity contribution in [3.8, 4) is 5.75 Å². The Labute approximate surface area is 127 Å². The molecule has 1 aromatic heterocycles. The first-order chi connectivity index (χ1) is 10.6. The number of hydrogen-bond donors (Lipinski definition) is 2. The molecule has 0 amide bonds. The minimum Gasteiger partial charge on any atom is -0.492 e. The number of esters is 1. The van der Waals surface area contributed by atoms with Gasteiger partial charge in [-0.15, -0.1) is 0 Å². The summed E-state index contributed by atoms with van der Waals surface area (Å²) >= 11 is 0. The highest BCUT2D eigenvalue weighted by Crippen LogP contribution is 2.12. The van der Waals surface area contributed by atoms with E-state index in [1.807, 2.05) is 0 Å². The number of aryl methyl sites for hydroxylation is 1. The number of rotatable bonds is 6. The van der Waals surface area contributed by atoms with E-state index in [2.05, 4.69) is 20.0 Å². The van der Waals surface area contributed by atoms with Gasteiger partial charge >= 0.3 is 5.97 Å². The van der Waals surface area contributed by atoms with E-state index in [-0.39, 0.29) is 11.5 Å². The summed E-state index contributed by atoms with van der Waals surface area (Å²) in [5, 5.41) is 2.97. The number of methoxy groups -OCH3 is 1. The van der Waals surface area contributed by atoms with E-state index in [0.29, 0.717) is 36.1 Å². The lowest BCUT2D eigenvalue weighted by Gasteiger charge is -2.08. The molecule has 2 aromatic rings. The molecule has 0 saturated heterocycles. The number of hydrogen-bond acceptors (Lipinski definition) is 6. The van der Waals surface area contributed by atoms with Crippen LogP contribution >= 0.6 is 0 Å². The van der Waals surface area contributed by atoms with Crippen LogP contribution in [-0.2, 0) is 4.74 Å². The minimum atomic E-state index is -0.386. The van der Waals surface area contributed by atoms with Crippen LogP contribution in [0.25, 0.3) is 0 Å². The molecule has 0 aliphatic heterocycles. The number of H-pyrrole nitrogens is 1. The van der Waals surface area contributed by atoms with Crippen LogP contribution in [0.15, 0.2) is 35.1 Å². The maximum atomic E-state index is 11.3. The van der Waals surface area contributed by atoms with Gasteiger partial charge < -0.3 is 14.8 Å². The zero-order valence-electron chi connectivity index (χ0n) is 12.4. The van der Waals surface area contributed by atoms with Crippen LogP contribution < -0.4 is 15.6 Å². The molecule has 0 aliphatic rings. The Bertz CT molecular complexity index is 695. The van der Waals surface area contributed by atoms with Crippen LogP contribution in [0.1, 0.15) is 16.1 Å². The van der Waals surface area contributed by atoms with Gasteiger partial charge in [0, 0.05) is 11.8 Å². The minimum absolute atomic E-state index is 0.200. The van der Waals surface area contributed by atoms with Crippen molar-refractivity contribution in [1.82, 2.24) is 9.97 Å². The van der Waals surface area contributed by atoms with Crippen LogP contribution in [0, 0.1) is 6.92 Å². The third-order valence-corrected chi connectivity index (χ3v) is 2.81. The van der Waals surface area contributed by atoms with E-state index in [1.165, 1.54) is 13.2 Å². The molecule has 7 heteroatoms. The molecule has 0 aliphatic carbocycles. The highest BCUT2D eigenvalue weighted by molar-refractivity contribution is 5.89. The van der Waals surface area contributed by atoms with Crippen molar-refractivity contribution in [2.45, 2.75) is 6.92 Å². The van der Waals surface area contributed by atoms with E-state index in [9.17, 15) is 9.59 Å². The van der Waals surface area contributed by atoms with Gasteiger partial charge in [-0.05, 0) is 31.2 Å². The first-order valence-electron chi connectivity index (χ1n) is 6.71. The molecule has 22 heavy (non-hydrogen) atoms. The average molecular weight is 303 g/mol. The number of carbonyl (C=O) groups excluding carboxylic acids is 1. The summed E-state index contributed by atoms with van der Waals surface area (Å²) in [6.45, 7) is 2.61. The van der Waals surface area contributed by atoms with Gasteiger partial charge in [-0.1, -0.05) is 0 Å². The zero-order chi connectivity index (χ0) is 15.9. The molecular weight excluding hydrogens is 286 g/mol. The quantitative estimate of drug-likeness (QED) is 0.618. The Morgan fingerprint density at radius 3 is 2.68 bits per heavy atom. The zero-order valence-corrected chi connectivity index (χ0v) is 12.4. The van der Waals surface area contributed by atoms with E-state index in [4.69, 9.17) is 4.74 Å². The Morgan fingerprint density at radius 2 is 2.05 bits per heavy atom. The van der Waals surface area contributed by atoms with Crippen LogP contribution in [0.5, 0.6) is 5.75 Å². The second kappa shape index (κ2) is 7.26. The number of benzene rings is 1. The molecule has 0 unspecified atom stereocenters. The number of aromatic nitrogens is 2. The molecule has 0 saturated carbocycles. The topological polar surface area (TPSA) is 93.3 Å². The van der Waals surface area contributed by atoms with Gasteiger partial charge in [0.05, 0.1) is 19.2 Å². The predicted octanol–water partition coefficient (Wildman–Crippen LogP) is 1.36. The Morgan fingerprint density at radius 1 is 1.32 bits per heavy atom. The van der Waals surface area contributed by atoms with Crippen molar-refractivity contribution in [3.63, 3.8) is 0 Å². The van der Waals surface area contributed by atoms with Crippen molar-refractivity contribution in [2.75, 3.05) is 25.6 Å². The molecule has 1 heterocycles. The Kier molecular flexibility index (Phi) is 5.13. The summed E-state index contributed by atoms with van der Waals surface area (Å²) in [6, 6.07) is 8.07. The highest BCUT2D eigenvalue weighted by atomic mass is 16.5. The van der Waals surface area contributed by atoms with Crippen molar-refractivity contribution < 1.29 is 14.3 Å². The molecule has 0 atom stereocenters. The first kappa shape index (κ1) is 15.6. The smallest absolute Gasteiger partial charge is 0.337 e. The van der Waals surface area contributed by atoms with Crippen molar-refractivity contribution in [3.05, 3.63) is 51.9 Å². The normalized spacial score (nSPS) is 10.1. The summed E-state index contributed by atoms with van der Waals surface area (Å²) in [6.07, 6.45) is 0. The van der Waals surface area contributed by atoms with Gasteiger partial charge in [0.15, 0.2) is 0 Å². The van der Waals surface area contributed by atoms with Crippen LogP contribution in [0.2, 0.25) is 0 Å². The molecule has 0 spiro atoms. The lowest BCUT2D eigenvalue weighted by atomic mass is 10.2. The summed E-state index contributed by atoms with van der Waals surface area (Å²) in [5.74, 6) is 0.664. The SMILES string of the molecule is COC(=O)c1ccc(OCCNc2nc(C)cc(=O)[nH]2)cc1. The van der Waals surface area contributed by atoms with Crippen LogP contribution in [0.4, 0.5) is 5.95 Å². The van der Waals surface area contributed by atoms with Crippen molar-refractivity contribution >= 4 is 11.9 Å². The van der Waals surface area contributed by atoms with Crippen LogP contribution in [-0.4, -0.2) is 36.2 Å². The van der Waals surface area contributed by atoms with Gasteiger partial charge in [-0.2, -0.15) is 0 Å². The largest absolute Gasteiger partial charge is 0.492 e. The third kappa shape index (κ3) is 4.34. The molecule has 116 valence electrons. The monoisotopic (exact) mass is 303 g/mol. The maximum absolute atomic E-state index is 11.3. The highest BCUT2D eigenvalue weighted by Gasteiger charge is 2.04. The average Bonchev–Trinajstić information content (AvgIpc) is 2.50. The molecule has 0 radical (unpaired) electrons. The fraction of sp³-hybridized carbons (Fsp3) is 0.267. The van der Waals surface area contributed by atoms with E-state index in [1.54, 1.807) is 31.2 Å². The Hall–Kier alpha value is -2.83. The number of nitrogens with zero attached hydrogens (tertiary/aromatic N) is 1. The van der Waals surface area contributed by atoms with Gasteiger partial charge in [0.2, 0.25) is 5.95 Å². The molecule has 2 N–H and O–H groups in total. The molecule has 2 rings (SSSR count). The van der Waals surface area contributed by atoms with E-state index in [0.717, 1.165) is 0 Å². The number of carbonyl (C=O) groups is 1. The third-order valence-electron chi connectivity index (χ3n) is 2.81. The molecular formula is C15H17N3O4. The molecule has 1 aromatic carbocycles. The van der Waals surface area contributed by atoms with E-state index >= 15 is 0 Å². The number of aromatic amines is 1. The van der Waals surface area contributed by atoms with Gasteiger partial charge in [0.25, 0.3) is 5.56 Å². The number of ether oxygens (including phenoxy) is 2.